The largest absolute Gasteiger partial charge is 0.456 e. The topological polar surface area (TPSA) is 137 Å². The van der Waals surface area contributed by atoms with Crippen molar-refractivity contribution in [2.24, 2.45) is 5.73 Å². The molecule has 10 nitrogen and oxygen atoms in total. The van der Waals surface area contributed by atoms with Gasteiger partial charge >= 0.3 is 6.03 Å². The van der Waals surface area contributed by atoms with E-state index in [9.17, 15) is 9.59 Å². The molecule has 0 spiro atoms. The van der Waals surface area contributed by atoms with Crippen LogP contribution in [0.25, 0.3) is 27.8 Å². The minimum atomic E-state index is -0.918. The highest BCUT2D eigenvalue weighted by molar-refractivity contribution is 5.92. The molecule has 0 unspecified atom stereocenters. The fraction of sp³-hybridized carbons (Fsp3) is 0.167. The molecule has 0 bridgehead atoms. The van der Waals surface area contributed by atoms with E-state index in [-0.39, 0.29) is 33.9 Å². The summed E-state index contributed by atoms with van der Waals surface area (Å²) in [6.07, 6.45) is 3.13. The zero-order valence-corrected chi connectivity index (χ0v) is 22.9. The van der Waals surface area contributed by atoms with Crippen molar-refractivity contribution in [2.45, 2.75) is 26.2 Å². The van der Waals surface area contributed by atoms with Crippen LogP contribution in [0.5, 0.6) is 11.5 Å². The Hall–Kier alpha value is -5.32. The van der Waals surface area contributed by atoms with Gasteiger partial charge in [0.1, 0.15) is 17.2 Å². The highest BCUT2D eigenvalue weighted by Gasteiger charge is 2.27. The lowest BCUT2D eigenvalue weighted by Gasteiger charge is -2.16. The van der Waals surface area contributed by atoms with Gasteiger partial charge in [0.05, 0.1) is 33.8 Å². The molecule has 3 aromatic heterocycles. The molecule has 208 valence electrons. The van der Waals surface area contributed by atoms with Crippen LogP contribution >= 0.6 is 0 Å². The van der Waals surface area contributed by atoms with Crippen molar-refractivity contribution >= 4 is 28.5 Å². The number of rotatable bonds is 6. The third-order valence-electron chi connectivity index (χ3n) is 6.35. The maximum absolute atomic E-state index is 16.3. The van der Waals surface area contributed by atoms with Gasteiger partial charge in [0.25, 0.3) is 5.91 Å². The molecule has 0 saturated heterocycles. The molecule has 4 N–H and O–H groups in total. The number of aromatic nitrogens is 4. The van der Waals surface area contributed by atoms with Crippen LogP contribution in [0.2, 0.25) is 0 Å². The molecular weight excluding hydrogens is 525 g/mol. The molecule has 0 atom stereocenters. The monoisotopic (exact) mass is 553 g/mol. The number of ether oxygens (including phenoxy) is 1. The number of pyridine rings is 2. The fourth-order valence-electron chi connectivity index (χ4n) is 4.28. The summed E-state index contributed by atoms with van der Waals surface area (Å²) in [6, 6.07) is 16.1. The molecule has 0 saturated carbocycles. The van der Waals surface area contributed by atoms with Crippen LogP contribution in [0, 0.1) is 5.82 Å². The van der Waals surface area contributed by atoms with Gasteiger partial charge in [-0.25, -0.2) is 13.9 Å². The van der Waals surface area contributed by atoms with Crippen molar-refractivity contribution in [3.8, 4) is 28.4 Å². The molecule has 0 radical (unpaired) electrons. The second-order valence-electron chi connectivity index (χ2n) is 10.3. The zero-order valence-electron chi connectivity index (χ0n) is 22.9. The lowest BCUT2D eigenvalue weighted by Crippen LogP contribution is -2.20. The minimum absolute atomic E-state index is 0.0313. The van der Waals surface area contributed by atoms with Gasteiger partial charge < -0.3 is 21.1 Å². The Balaban J connectivity index is 1.74. The first-order chi connectivity index (χ1) is 19.5. The standard InChI is InChI=1S/C30H28FN7O3/c1-30(2,3)25-16-23(38(37-25)18-7-8-20-17(14-18)6-5-12-34-20)26-24(10-9-21(27(26)31)36-29(32)40)41-19-11-13-35-22(15-19)28(39)33-4/h5-16H,1-4H3,(H,33,39)(H3,32,36,40). The summed E-state index contributed by atoms with van der Waals surface area (Å²) in [6.45, 7) is 6.01. The van der Waals surface area contributed by atoms with Crippen molar-refractivity contribution in [1.29, 1.82) is 0 Å². The Bertz CT molecular complexity index is 1790. The Kier molecular flexibility index (Phi) is 7.10. The van der Waals surface area contributed by atoms with Gasteiger partial charge in [-0.2, -0.15) is 5.10 Å². The number of nitrogens with one attached hydrogen (secondary N) is 2. The predicted molar refractivity (Wildman–Crippen MR) is 154 cm³/mol. The molecule has 11 heteroatoms. The Morgan fingerprint density at radius 2 is 1.80 bits per heavy atom. The Labute approximate surface area is 235 Å². The summed E-state index contributed by atoms with van der Waals surface area (Å²) in [5.41, 5.74) is 7.51. The summed E-state index contributed by atoms with van der Waals surface area (Å²) in [5, 5.41) is 10.6. The van der Waals surface area contributed by atoms with Crippen LogP contribution in [0.1, 0.15) is 37.0 Å². The van der Waals surface area contributed by atoms with Gasteiger partial charge in [0.15, 0.2) is 5.82 Å². The Morgan fingerprint density at radius 3 is 2.54 bits per heavy atom. The average molecular weight is 554 g/mol. The number of primary amides is 1. The van der Waals surface area contributed by atoms with E-state index in [0.717, 1.165) is 10.9 Å². The lowest BCUT2D eigenvalue weighted by molar-refractivity contribution is 0.0957. The molecule has 5 rings (SSSR count). The molecule has 0 aliphatic rings. The van der Waals surface area contributed by atoms with Gasteiger partial charge in [0.2, 0.25) is 0 Å². The van der Waals surface area contributed by atoms with Gasteiger partial charge in [0, 0.05) is 36.3 Å². The number of carbonyl (C=O) groups excluding carboxylic acids is 2. The van der Waals surface area contributed by atoms with Gasteiger partial charge in [-0.1, -0.05) is 26.8 Å². The number of amides is 3. The molecule has 3 amide bonds. The number of nitrogens with two attached hydrogens (primary N) is 1. The van der Waals surface area contributed by atoms with Gasteiger partial charge in [-0.05, 0) is 48.5 Å². The predicted octanol–water partition coefficient (Wildman–Crippen LogP) is 5.56. The number of anilines is 1. The number of halogens is 1. The maximum Gasteiger partial charge on any atom is 0.316 e. The van der Waals surface area contributed by atoms with Crippen molar-refractivity contribution in [3.05, 3.63) is 90.3 Å². The smallest absolute Gasteiger partial charge is 0.316 e. The SMILES string of the molecule is CNC(=O)c1cc(Oc2ccc(NC(N)=O)c(F)c2-c2cc(C(C)(C)C)nn2-c2ccc3ncccc3c2)ccn1. The van der Waals surface area contributed by atoms with E-state index in [1.165, 1.54) is 31.4 Å². The fourth-order valence-corrected chi connectivity index (χ4v) is 4.28. The Morgan fingerprint density at radius 1 is 1.00 bits per heavy atom. The van der Waals surface area contributed by atoms with Crippen LogP contribution in [0.3, 0.4) is 0 Å². The third-order valence-corrected chi connectivity index (χ3v) is 6.35. The van der Waals surface area contributed by atoms with Crippen LogP contribution in [-0.2, 0) is 5.41 Å². The number of benzene rings is 2. The van der Waals surface area contributed by atoms with E-state index in [2.05, 4.69) is 20.6 Å². The van der Waals surface area contributed by atoms with Gasteiger partial charge in [-0.3, -0.25) is 14.8 Å². The number of hydrogen-bond acceptors (Lipinski definition) is 6. The van der Waals surface area contributed by atoms with Crippen LogP contribution in [0.15, 0.2) is 73.1 Å². The van der Waals surface area contributed by atoms with Crippen molar-refractivity contribution in [1.82, 2.24) is 25.1 Å². The van der Waals surface area contributed by atoms with Gasteiger partial charge in [-0.15, -0.1) is 0 Å². The second kappa shape index (κ2) is 10.7. The summed E-state index contributed by atoms with van der Waals surface area (Å²) in [4.78, 5) is 32.3. The number of fused-ring (bicyclic) bond motifs is 1. The summed E-state index contributed by atoms with van der Waals surface area (Å²) >= 11 is 0. The summed E-state index contributed by atoms with van der Waals surface area (Å²) in [7, 11) is 1.49. The first-order valence-electron chi connectivity index (χ1n) is 12.8. The average Bonchev–Trinajstić information content (AvgIpc) is 3.40. The van der Waals surface area contributed by atoms with Crippen molar-refractivity contribution in [3.63, 3.8) is 0 Å². The third kappa shape index (κ3) is 5.55. The van der Waals surface area contributed by atoms with E-state index in [4.69, 9.17) is 15.6 Å². The molecular formula is C30H28FN7O3. The summed E-state index contributed by atoms with van der Waals surface area (Å²) < 4.78 is 24.1. The van der Waals surface area contributed by atoms with E-state index in [1.807, 2.05) is 51.1 Å². The molecule has 2 aromatic carbocycles. The van der Waals surface area contributed by atoms with E-state index in [1.54, 1.807) is 23.0 Å². The van der Waals surface area contributed by atoms with Crippen molar-refractivity contribution in [2.75, 3.05) is 12.4 Å². The summed E-state index contributed by atoms with van der Waals surface area (Å²) in [5.74, 6) is -0.795. The molecule has 41 heavy (non-hydrogen) atoms. The van der Waals surface area contributed by atoms with Crippen molar-refractivity contribution < 1.29 is 18.7 Å². The van der Waals surface area contributed by atoms with E-state index in [0.29, 0.717) is 17.1 Å². The lowest BCUT2D eigenvalue weighted by atomic mass is 9.92. The first kappa shape index (κ1) is 27.3. The number of carbonyl (C=O) groups is 2. The number of hydrogen-bond donors (Lipinski definition) is 3. The maximum atomic E-state index is 16.3. The number of urea groups is 1. The zero-order chi connectivity index (χ0) is 29.3. The quantitative estimate of drug-likeness (QED) is 0.252. The first-order valence-corrected chi connectivity index (χ1v) is 12.8. The molecule has 0 fully saturated rings. The van der Waals surface area contributed by atoms with Crippen LogP contribution < -0.4 is 21.1 Å². The highest BCUT2D eigenvalue weighted by Crippen LogP contribution is 2.41. The minimum Gasteiger partial charge on any atom is -0.456 e. The molecule has 0 aliphatic carbocycles. The molecule has 3 heterocycles. The van der Waals surface area contributed by atoms with E-state index >= 15 is 4.39 Å². The van der Waals surface area contributed by atoms with E-state index < -0.39 is 17.8 Å². The van der Waals surface area contributed by atoms with Crippen LogP contribution in [-0.4, -0.2) is 38.7 Å². The second-order valence-corrected chi connectivity index (χ2v) is 10.3. The number of nitrogens with zero attached hydrogens (tertiary/aromatic N) is 4. The normalized spacial score (nSPS) is 11.3. The molecule has 0 aliphatic heterocycles. The highest BCUT2D eigenvalue weighted by atomic mass is 19.1. The molecule has 5 aromatic rings. The van der Waals surface area contributed by atoms with Crippen LogP contribution in [0.4, 0.5) is 14.9 Å².